The monoisotopic (exact) mass is 392 g/mol. The van der Waals surface area contributed by atoms with E-state index in [1.807, 2.05) is 6.07 Å². The van der Waals surface area contributed by atoms with Crippen molar-refractivity contribution in [3.8, 4) is 6.07 Å². The SMILES string of the molecule is CCOC(=O)Cc1csc(NN=Cc2ccc(S(C)(=O)=O)c(C#N)c2)n1. The van der Waals surface area contributed by atoms with E-state index in [1.165, 1.54) is 29.7 Å². The minimum atomic E-state index is -3.47. The van der Waals surface area contributed by atoms with Gasteiger partial charge in [-0.25, -0.2) is 13.4 Å². The molecule has 0 fully saturated rings. The van der Waals surface area contributed by atoms with Gasteiger partial charge in [-0.1, -0.05) is 6.07 Å². The first-order chi connectivity index (χ1) is 12.3. The molecule has 0 aliphatic rings. The van der Waals surface area contributed by atoms with Crippen molar-refractivity contribution in [3.63, 3.8) is 0 Å². The first-order valence-electron chi connectivity index (χ1n) is 7.46. The molecule has 1 heterocycles. The van der Waals surface area contributed by atoms with Crippen LogP contribution < -0.4 is 5.43 Å². The van der Waals surface area contributed by atoms with E-state index in [1.54, 1.807) is 18.4 Å². The fraction of sp³-hybridized carbons (Fsp3) is 0.250. The average molecular weight is 392 g/mol. The van der Waals surface area contributed by atoms with Crippen molar-refractivity contribution in [1.82, 2.24) is 4.98 Å². The quantitative estimate of drug-likeness (QED) is 0.434. The summed E-state index contributed by atoms with van der Waals surface area (Å²) in [6.45, 7) is 2.06. The van der Waals surface area contributed by atoms with Gasteiger partial charge in [0.15, 0.2) is 9.84 Å². The second-order valence-electron chi connectivity index (χ2n) is 5.14. The molecule has 0 saturated carbocycles. The predicted molar refractivity (Wildman–Crippen MR) is 97.9 cm³/mol. The van der Waals surface area contributed by atoms with Crippen molar-refractivity contribution in [3.05, 3.63) is 40.4 Å². The molecule has 0 aliphatic heterocycles. The summed E-state index contributed by atoms with van der Waals surface area (Å²) in [7, 11) is -3.47. The number of ether oxygens (including phenoxy) is 1. The molecule has 26 heavy (non-hydrogen) atoms. The molecule has 0 unspecified atom stereocenters. The molecule has 0 saturated heterocycles. The van der Waals surface area contributed by atoms with Crippen molar-refractivity contribution >= 4 is 38.5 Å². The van der Waals surface area contributed by atoms with Gasteiger partial charge in [0.2, 0.25) is 5.13 Å². The molecule has 0 bridgehead atoms. The van der Waals surface area contributed by atoms with Crippen molar-refractivity contribution in [2.45, 2.75) is 18.2 Å². The van der Waals surface area contributed by atoms with E-state index < -0.39 is 9.84 Å². The number of carbonyl (C=O) groups excluding carboxylic acids is 1. The minimum Gasteiger partial charge on any atom is -0.466 e. The first-order valence-corrected chi connectivity index (χ1v) is 10.2. The van der Waals surface area contributed by atoms with E-state index in [2.05, 4.69) is 15.5 Å². The molecule has 0 atom stereocenters. The Bertz CT molecular complexity index is 974. The van der Waals surface area contributed by atoms with Crippen molar-refractivity contribution in [1.29, 1.82) is 5.26 Å². The zero-order valence-corrected chi connectivity index (χ0v) is 15.7. The van der Waals surface area contributed by atoms with Gasteiger partial charge in [0, 0.05) is 11.6 Å². The summed E-state index contributed by atoms with van der Waals surface area (Å²) in [6.07, 6.45) is 2.59. The molecular weight excluding hydrogens is 376 g/mol. The number of hydrogen-bond donors (Lipinski definition) is 1. The topological polar surface area (TPSA) is 122 Å². The molecule has 1 aromatic carbocycles. The van der Waals surface area contributed by atoms with E-state index in [4.69, 9.17) is 10.00 Å². The number of thiazole rings is 1. The lowest BCUT2D eigenvalue weighted by Gasteiger charge is -2.02. The third-order valence-corrected chi connectivity index (χ3v) is 5.03. The Labute approximate surface area is 155 Å². The van der Waals surface area contributed by atoms with Crippen LogP contribution in [0.4, 0.5) is 5.13 Å². The van der Waals surface area contributed by atoms with Crippen molar-refractivity contribution in [2.24, 2.45) is 5.10 Å². The fourth-order valence-corrected chi connectivity index (χ4v) is 3.48. The molecule has 0 spiro atoms. The molecule has 2 aromatic rings. The fourth-order valence-electron chi connectivity index (χ4n) is 2.00. The second kappa shape index (κ2) is 8.55. The maximum absolute atomic E-state index is 11.6. The second-order valence-corrected chi connectivity index (χ2v) is 7.98. The standard InChI is InChI=1S/C16H16N4O4S2/c1-3-24-15(21)7-13-10-25-16(19-13)20-18-9-11-4-5-14(26(2,22)23)12(6-11)8-17/h4-6,9-10H,3,7H2,1-2H3,(H,19,20). The van der Waals surface area contributed by atoms with E-state index in [9.17, 15) is 13.2 Å². The number of aromatic nitrogens is 1. The summed E-state index contributed by atoms with van der Waals surface area (Å²) in [4.78, 5) is 15.6. The van der Waals surface area contributed by atoms with E-state index in [-0.39, 0.29) is 22.8 Å². The molecule has 136 valence electrons. The summed E-state index contributed by atoms with van der Waals surface area (Å²) in [5, 5.41) is 15.3. The summed E-state index contributed by atoms with van der Waals surface area (Å²) in [5.41, 5.74) is 3.92. The summed E-state index contributed by atoms with van der Waals surface area (Å²) in [5.74, 6) is -0.345. The van der Waals surface area contributed by atoms with Gasteiger partial charge in [-0.15, -0.1) is 11.3 Å². The Kier molecular flexibility index (Phi) is 6.43. The van der Waals surface area contributed by atoms with Gasteiger partial charge in [-0.3, -0.25) is 10.2 Å². The zero-order valence-electron chi connectivity index (χ0n) is 14.1. The number of nitriles is 1. The van der Waals surface area contributed by atoms with Crippen LogP contribution in [0.3, 0.4) is 0 Å². The number of nitrogens with zero attached hydrogens (tertiary/aromatic N) is 3. The van der Waals surface area contributed by atoms with Crippen molar-refractivity contribution < 1.29 is 17.9 Å². The lowest BCUT2D eigenvalue weighted by atomic mass is 10.1. The Morgan fingerprint density at radius 2 is 2.27 bits per heavy atom. The van der Waals surface area contributed by atoms with Crippen LogP contribution in [0.5, 0.6) is 0 Å². The Morgan fingerprint density at radius 3 is 2.92 bits per heavy atom. The lowest BCUT2D eigenvalue weighted by Crippen LogP contribution is -2.07. The maximum Gasteiger partial charge on any atom is 0.311 e. The highest BCUT2D eigenvalue weighted by Crippen LogP contribution is 2.17. The highest BCUT2D eigenvalue weighted by Gasteiger charge is 2.13. The van der Waals surface area contributed by atoms with Gasteiger partial charge >= 0.3 is 5.97 Å². The van der Waals surface area contributed by atoms with Crippen LogP contribution in [0.1, 0.15) is 23.7 Å². The molecular formula is C16H16N4O4S2. The van der Waals surface area contributed by atoms with Crippen LogP contribution in [0, 0.1) is 11.3 Å². The van der Waals surface area contributed by atoms with Gasteiger partial charge in [-0.2, -0.15) is 10.4 Å². The molecule has 1 aromatic heterocycles. The van der Waals surface area contributed by atoms with E-state index >= 15 is 0 Å². The Balaban J connectivity index is 2.04. The molecule has 0 amide bonds. The number of hydrazone groups is 1. The van der Waals surface area contributed by atoms with Crippen LogP contribution in [0.25, 0.3) is 0 Å². The zero-order chi connectivity index (χ0) is 19.2. The summed E-state index contributed by atoms with van der Waals surface area (Å²) in [6, 6.07) is 6.23. The number of sulfone groups is 1. The number of rotatable bonds is 7. The first kappa shape index (κ1) is 19.6. The van der Waals surface area contributed by atoms with Gasteiger partial charge in [0.1, 0.15) is 6.07 Å². The van der Waals surface area contributed by atoms with Gasteiger partial charge in [-0.05, 0) is 24.6 Å². The highest BCUT2D eigenvalue weighted by molar-refractivity contribution is 7.90. The van der Waals surface area contributed by atoms with Crippen LogP contribution in [-0.4, -0.2) is 38.4 Å². The number of carbonyl (C=O) groups is 1. The number of esters is 1. The number of nitrogens with one attached hydrogen (secondary N) is 1. The van der Waals surface area contributed by atoms with Crippen LogP contribution in [-0.2, 0) is 25.8 Å². The van der Waals surface area contributed by atoms with E-state index in [0.29, 0.717) is 23.0 Å². The molecule has 0 aliphatic carbocycles. The summed E-state index contributed by atoms with van der Waals surface area (Å²) >= 11 is 1.28. The Morgan fingerprint density at radius 1 is 1.50 bits per heavy atom. The van der Waals surface area contributed by atoms with E-state index in [0.717, 1.165) is 6.26 Å². The summed E-state index contributed by atoms with van der Waals surface area (Å²) < 4.78 is 28.1. The third kappa shape index (κ3) is 5.37. The highest BCUT2D eigenvalue weighted by atomic mass is 32.2. The van der Waals surface area contributed by atoms with Gasteiger partial charge in [0.25, 0.3) is 0 Å². The number of benzene rings is 1. The third-order valence-electron chi connectivity index (χ3n) is 3.08. The molecule has 1 N–H and O–H groups in total. The molecule has 0 radical (unpaired) electrons. The molecule has 10 heteroatoms. The van der Waals surface area contributed by atoms with Crippen LogP contribution in [0.15, 0.2) is 33.6 Å². The lowest BCUT2D eigenvalue weighted by molar-refractivity contribution is -0.142. The predicted octanol–water partition coefficient (Wildman–Crippen LogP) is 1.97. The van der Waals surface area contributed by atoms with Gasteiger partial charge in [0.05, 0.1) is 35.4 Å². The molecule has 2 rings (SSSR count). The molecule has 8 nitrogen and oxygen atoms in total. The average Bonchev–Trinajstić information content (AvgIpc) is 3.01. The van der Waals surface area contributed by atoms with Gasteiger partial charge < -0.3 is 4.74 Å². The van der Waals surface area contributed by atoms with Crippen LogP contribution >= 0.6 is 11.3 Å². The van der Waals surface area contributed by atoms with Crippen molar-refractivity contribution in [2.75, 3.05) is 18.3 Å². The smallest absolute Gasteiger partial charge is 0.311 e. The Hall–Kier alpha value is -2.77. The minimum absolute atomic E-state index is 0.0198. The normalized spacial score (nSPS) is 11.3. The maximum atomic E-state index is 11.6. The largest absolute Gasteiger partial charge is 0.466 e. The number of hydrogen-bond acceptors (Lipinski definition) is 9. The van der Waals surface area contributed by atoms with Crippen LogP contribution in [0.2, 0.25) is 0 Å². The number of anilines is 1.